The lowest BCUT2D eigenvalue weighted by atomic mass is 10.3. The summed E-state index contributed by atoms with van der Waals surface area (Å²) in [6.45, 7) is 2.25. The molecule has 0 fully saturated rings. The fourth-order valence-electron chi connectivity index (χ4n) is 1.38. The van der Waals surface area contributed by atoms with Crippen LogP contribution in [0.4, 0.5) is 0 Å². The Kier molecular flexibility index (Phi) is 5.01. The normalized spacial score (nSPS) is 10.8. The van der Waals surface area contributed by atoms with E-state index >= 15 is 0 Å². The molecule has 1 heterocycles. The molecule has 1 aromatic heterocycles. The number of nitrogens with two attached hydrogens (primary N) is 1. The van der Waals surface area contributed by atoms with E-state index < -0.39 is 5.97 Å². The Bertz CT molecular complexity index is 336. The molecule has 0 aliphatic rings. The zero-order chi connectivity index (χ0) is 12.0. The van der Waals surface area contributed by atoms with Gasteiger partial charge in [0, 0.05) is 0 Å². The van der Waals surface area contributed by atoms with E-state index in [-0.39, 0.29) is 5.76 Å². The van der Waals surface area contributed by atoms with Gasteiger partial charge in [0.1, 0.15) is 5.76 Å². The molecule has 0 aromatic carbocycles. The number of esters is 1. The third-order valence-corrected chi connectivity index (χ3v) is 2.22. The lowest BCUT2D eigenvalue weighted by Gasteiger charge is -2.13. The number of rotatable bonds is 6. The van der Waals surface area contributed by atoms with Crippen molar-refractivity contribution in [1.82, 2.24) is 4.90 Å². The van der Waals surface area contributed by atoms with Crippen molar-refractivity contribution < 1.29 is 13.9 Å². The molecule has 0 saturated carbocycles. The van der Waals surface area contributed by atoms with Crippen molar-refractivity contribution >= 4 is 5.97 Å². The maximum absolute atomic E-state index is 11.1. The number of hydrogen-bond donors (Lipinski definition) is 1. The van der Waals surface area contributed by atoms with Gasteiger partial charge >= 0.3 is 5.97 Å². The highest BCUT2D eigenvalue weighted by Crippen LogP contribution is 2.10. The van der Waals surface area contributed by atoms with Crippen molar-refractivity contribution in [3.63, 3.8) is 0 Å². The molecule has 0 aliphatic heterocycles. The molecule has 0 saturated heterocycles. The second-order valence-electron chi connectivity index (χ2n) is 3.64. The van der Waals surface area contributed by atoms with Crippen molar-refractivity contribution in [2.75, 3.05) is 27.2 Å². The number of carbonyl (C=O) groups excluding carboxylic acids is 1. The molecule has 1 rings (SSSR count). The second-order valence-corrected chi connectivity index (χ2v) is 3.64. The van der Waals surface area contributed by atoms with Gasteiger partial charge in [-0.15, -0.1) is 0 Å². The average Bonchev–Trinajstić information content (AvgIpc) is 2.73. The highest BCUT2D eigenvalue weighted by molar-refractivity contribution is 5.86. The van der Waals surface area contributed by atoms with Gasteiger partial charge in [-0.25, -0.2) is 4.79 Å². The quantitative estimate of drug-likeness (QED) is 0.728. The number of methoxy groups -OCH3 is 1. The highest BCUT2D eigenvalue weighted by Gasteiger charge is 2.11. The van der Waals surface area contributed by atoms with Crippen molar-refractivity contribution in [2.45, 2.75) is 13.0 Å². The molecule has 1 aromatic rings. The molecule has 16 heavy (non-hydrogen) atoms. The Labute approximate surface area is 95.2 Å². The monoisotopic (exact) mass is 226 g/mol. The van der Waals surface area contributed by atoms with Crippen LogP contribution in [0.3, 0.4) is 0 Å². The van der Waals surface area contributed by atoms with Crippen molar-refractivity contribution in [2.24, 2.45) is 5.73 Å². The van der Waals surface area contributed by atoms with Gasteiger partial charge in [-0.1, -0.05) is 0 Å². The van der Waals surface area contributed by atoms with Crippen LogP contribution in [0.2, 0.25) is 0 Å². The number of ether oxygens (including phenoxy) is 1. The summed E-state index contributed by atoms with van der Waals surface area (Å²) >= 11 is 0. The third kappa shape index (κ3) is 3.67. The summed E-state index contributed by atoms with van der Waals surface area (Å²) in [5.74, 6) is 0.542. The number of nitrogens with zero attached hydrogens (tertiary/aromatic N) is 1. The Morgan fingerprint density at radius 1 is 1.56 bits per heavy atom. The predicted octanol–water partition coefficient (Wildman–Crippen LogP) is 0.847. The predicted molar refractivity (Wildman–Crippen MR) is 60.1 cm³/mol. The first-order chi connectivity index (χ1) is 7.67. The fourth-order valence-corrected chi connectivity index (χ4v) is 1.38. The highest BCUT2D eigenvalue weighted by atomic mass is 16.5. The number of hydrogen-bond acceptors (Lipinski definition) is 5. The van der Waals surface area contributed by atoms with E-state index in [1.165, 1.54) is 7.11 Å². The Hall–Kier alpha value is -1.33. The minimum atomic E-state index is -0.448. The van der Waals surface area contributed by atoms with Gasteiger partial charge in [0.2, 0.25) is 5.76 Å². The van der Waals surface area contributed by atoms with Crippen molar-refractivity contribution in [1.29, 1.82) is 0 Å². The molecule has 0 atom stereocenters. The van der Waals surface area contributed by atoms with E-state index in [9.17, 15) is 4.79 Å². The Balaban J connectivity index is 2.48. The summed E-state index contributed by atoms with van der Waals surface area (Å²) in [5.41, 5.74) is 5.42. The summed E-state index contributed by atoms with van der Waals surface area (Å²) in [5, 5.41) is 0. The van der Waals surface area contributed by atoms with Gasteiger partial charge in [-0.3, -0.25) is 4.90 Å². The summed E-state index contributed by atoms with van der Waals surface area (Å²) in [7, 11) is 3.31. The van der Waals surface area contributed by atoms with Crippen LogP contribution in [0.5, 0.6) is 0 Å². The van der Waals surface area contributed by atoms with E-state index in [2.05, 4.69) is 9.64 Å². The summed E-state index contributed by atoms with van der Waals surface area (Å²) in [6.07, 6.45) is 0.946. The second kappa shape index (κ2) is 6.30. The average molecular weight is 226 g/mol. The zero-order valence-corrected chi connectivity index (χ0v) is 9.73. The lowest BCUT2D eigenvalue weighted by molar-refractivity contribution is 0.0561. The Morgan fingerprint density at radius 3 is 2.94 bits per heavy atom. The molecule has 0 amide bonds. The molecular weight excluding hydrogens is 208 g/mol. The fraction of sp³-hybridized carbons (Fsp3) is 0.545. The molecule has 0 bridgehead atoms. The van der Waals surface area contributed by atoms with Gasteiger partial charge in [0.15, 0.2) is 0 Å². The van der Waals surface area contributed by atoms with Crippen LogP contribution in [-0.2, 0) is 11.3 Å². The topological polar surface area (TPSA) is 68.7 Å². The standard InChI is InChI=1S/C11H18N2O3/c1-13(7-3-6-12)8-9-4-5-10(16-9)11(14)15-2/h4-5H,3,6-8,12H2,1-2H3. The van der Waals surface area contributed by atoms with Gasteiger partial charge < -0.3 is 14.9 Å². The van der Waals surface area contributed by atoms with Crippen molar-refractivity contribution in [3.05, 3.63) is 23.7 Å². The van der Waals surface area contributed by atoms with Crippen molar-refractivity contribution in [3.8, 4) is 0 Å². The van der Waals surface area contributed by atoms with E-state index in [0.717, 1.165) is 18.7 Å². The smallest absolute Gasteiger partial charge is 0.373 e. The van der Waals surface area contributed by atoms with Crippen LogP contribution in [0.1, 0.15) is 22.7 Å². The Morgan fingerprint density at radius 2 is 2.31 bits per heavy atom. The largest absolute Gasteiger partial charge is 0.463 e. The molecular formula is C11H18N2O3. The first-order valence-corrected chi connectivity index (χ1v) is 5.23. The van der Waals surface area contributed by atoms with Crippen LogP contribution in [0.15, 0.2) is 16.5 Å². The van der Waals surface area contributed by atoms with Crippen LogP contribution in [0, 0.1) is 0 Å². The molecule has 5 nitrogen and oxygen atoms in total. The molecule has 0 spiro atoms. The molecule has 0 aliphatic carbocycles. The molecule has 2 N–H and O–H groups in total. The maximum atomic E-state index is 11.1. The van der Waals surface area contributed by atoms with Gasteiger partial charge in [-0.05, 0) is 38.7 Å². The van der Waals surface area contributed by atoms with E-state index in [4.69, 9.17) is 10.2 Å². The molecule has 90 valence electrons. The van der Waals surface area contributed by atoms with E-state index in [0.29, 0.717) is 13.1 Å². The van der Waals surface area contributed by atoms with Gasteiger partial charge in [0.05, 0.1) is 13.7 Å². The minimum absolute atomic E-state index is 0.240. The first kappa shape index (κ1) is 12.7. The minimum Gasteiger partial charge on any atom is -0.463 e. The van der Waals surface area contributed by atoms with Gasteiger partial charge in [0.25, 0.3) is 0 Å². The number of furan rings is 1. The SMILES string of the molecule is COC(=O)c1ccc(CN(C)CCCN)o1. The molecule has 5 heteroatoms. The van der Waals surface area contributed by atoms with Crippen LogP contribution in [0.25, 0.3) is 0 Å². The molecule has 0 radical (unpaired) electrons. The summed E-state index contributed by atoms with van der Waals surface area (Å²) in [6, 6.07) is 3.41. The maximum Gasteiger partial charge on any atom is 0.373 e. The molecule has 0 unspecified atom stereocenters. The zero-order valence-electron chi connectivity index (χ0n) is 9.73. The van der Waals surface area contributed by atoms with Crippen LogP contribution in [-0.4, -0.2) is 38.1 Å². The van der Waals surface area contributed by atoms with Crippen LogP contribution >= 0.6 is 0 Å². The third-order valence-electron chi connectivity index (χ3n) is 2.22. The van der Waals surface area contributed by atoms with E-state index in [1.807, 2.05) is 7.05 Å². The first-order valence-electron chi connectivity index (χ1n) is 5.23. The van der Waals surface area contributed by atoms with Gasteiger partial charge in [-0.2, -0.15) is 0 Å². The van der Waals surface area contributed by atoms with E-state index in [1.54, 1.807) is 12.1 Å². The summed E-state index contributed by atoms with van der Waals surface area (Å²) in [4.78, 5) is 13.2. The van der Waals surface area contributed by atoms with Crippen LogP contribution < -0.4 is 5.73 Å². The number of carbonyl (C=O) groups is 1. The lowest BCUT2D eigenvalue weighted by Crippen LogP contribution is -2.21. The summed E-state index contributed by atoms with van der Waals surface area (Å²) < 4.78 is 9.90.